The minimum Gasteiger partial charge on any atom is -0.465 e. The maximum absolute atomic E-state index is 13.0. The van der Waals surface area contributed by atoms with Gasteiger partial charge in [0.1, 0.15) is 17.6 Å². The van der Waals surface area contributed by atoms with E-state index in [4.69, 9.17) is 27.0 Å². The van der Waals surface area contributed by atoms with E-state index in [1.807, 2.05) is 23.6 Å². The summed E-state index contributed by atoms with van der Waals surface area (Å²) >= 11 is 0. The van der Waals surface area contributed by atoms with Crippen molar-refractivity contribution in [1.82, 2.24) is 9.55 Å². The summed E-state index contributed by atoms with van der Waals surface area (Å²) < 4.78 is 7.34. The van der Waals surface area contributed by atoms with Crippen LogP contribution < -0.4 is 11.5 Å². The van der Waals surface area contributed by atoms with Crippen molar-refractivity contribution in [1.29, 1.82) is 10.8 Å². The first-order valence-corrected chi connectivity index (χ1v) is 9.79. The molecule has 0 saturated heterocycles. The number of nitrogen functional groups attached to an aromatic ring is 2. The van der Waals surface area contributed by atoms with Gasteiger partial charge in [0.25, 0.3) is 0 Å². The van der Waals surface area contributed by atoms with E-state index in [2.05, 4.69) is 4.98 Å². The molecule has 0 radical (unpaired) electrons. The van der Waals surface area contributed by atoms with Gasteiger partial charge in [0.15, 0.2) is 0 Å². The molecule has 0 bridgehead atoms. The zero-order valence-corrected chi connectivity index (χ0v) is 17.1. The number of aromatic nitrogens is 2. The van der Waals surface area contributed by atoms with Crippen molar-refractivity contribution in [2.75, 3.05) is 6.61 Å². The Bertz CT molecular complexity index is 1090. The van der Waals surface area contributed by atoms with Crippen LogP contribution in [0.5, 0.6) is 0 Å². The lowest BCUT2D eigenvalue weighted by atomic mass is 9.88. The SMILES string of the molecule is CCOC(=O)C(c1ccc(C(=N)N)cc1)C(CC)n1cnc2ccc(C(=N)N)cc21. The highest BCUT2D eigenvalue weighted by Crippen LogP contribution is 2.35. The quantitative estimate of drug-likeness (QED) is 0.258. The fraction of sp³-hybridized carbons (Fsp3) is 0.273. The maximum atomic E-state index is 13.0. The lowest BCUT2D eigenvalue weighted by molar-refractivity contribution is -0.146. The molecule has 1 heterocycles. The van der Waals surface area contributed by atoms with Crippen molar-refractivity contribution < 1.29 is 9.53 Å². The van der Waals surface area contributed by atoms with Crippen molar-refractivity contribution in [3.63, 3.8) is 0 Å². The van der Waals surface area contributed by atoms with Crippen LogP contribution in [-0.4, -0.2) is 33.8 Å². The second-order valence-electron chi connectivity index (χ2n) is 7.01. The molecule has 2 atom stereocenters. The summed E-state index contributed by atoms with van der Waals surface area (Å²) in [5.41, 5.74) is 14.7. The minimum atomic E-state index is -0.575. The lowest BCUT2D eigenvalue weighted by Crippen LogP contribution is -2.26. The van der Waals surface area contributed by atoms with Crippen LogP contribution in [0.4, 0.5) is 0 Å². The maximum Gasteiger partial charge on any atom is 0.315 e. The number of fused-ring (bicyclic) bond motifs is 1. The number of ether oxygens (including phenoxy) is 1. The number of amidine groups is 2. The van der Waals surface area contributed by atoms with Crippen molar-refractivity contribution >= 4 is 28.7 Å². The van der Waals surface area contributed by atoms with Crippen LogP contribution in [0.25, 0.3) is 11.0 Å². The van der Waals surface area contributed by atoms with Gasteiger partial charge in [-0.1, -0.05) is 31.2 Å². The van der Waals surface area contributed by atoms with Gasteiger partial charge in [-0.25, -0.2) is 4.98 Å². The average Bonchev–Trinajstić information content (AvgIpc) is 3.15. The summed E-state index contributed by atoms with van der Waals surface area (Å²) in [4.78, 5) is 17.5. The number of nitrogens with zero attached hydrogens (tertiary/aromatic N) is 2. The molecule has 0 fully saturated rings. The lowest BCUT2D eigenvalue weighted by Gasteiger charge is -2.27. The van der Waals surface area contributed by atoms with Crippen molar-refractivity contribution in [2.24, 2.45) is 11.5 Å². The predicted octanol–water partition coefficient (Wildman–Crippen LogP) is 2.90. The summed E-state index contributed by atoms with van der Waals surface area (Å²) in [6.07, 6.45) is 2.35. The van der Waals surface area contributed by atoms with Gasteiger partial charge in [-0.3, -0.25) is 15.6 Å². The van der Waals surface area contributed by atoms with Gasteiger partial charge in [-0.05, 0) is 37.1 Å². The molecule has 1 aromatic heterocycles. The second kappa shape index (κ2) is 8.77. The zero-order valence-electron chi connectivity index (χ0n) is 17.1. The van der Waals surface area contributed by atoms with Crippen molar-refractivity contribution in [3.8, 4) is 0 Å². The van der Waals surface area contributed by atoms with Gasteiger partial charge in [0, 0.05) is 11.1 Å². The molecule has 0 amide bonds. The summed E-state index contributed by atoms with van der Waals surface area (Å²) in [7, 11) is 0. The van der Waals surface area contributed by atoms with Crippen LogP contribution >= 0.6 is 0 Å². The molecule has 30 heavy (non-hydrogen) atoms. The van der Waals surface area contributed by atoms with Gasteiger partial charge in [0.05, 0.1) is 30.0 Å². The molecule has 8 nitrogen and oxygen atoms in total. The Labute approximate surface area is 174 Å². The van der Waals surface area contributed by atoms with Crippen LogP contribution in [0.1, 0.15) is 48.9 Å². The number of esters is 1. The molecular weight excluding hydrogens is 380 g/mol. The van der Waals surface area contributed by atoms with Gasteiger partial charge >= 0.3 is 5.97 Å². The Morgan fingerprint density at radius 2 is 1.70 bits per heavy atom. The first-order valence-electron chi connectivity index (χ1n) is 9.79. The molecule has 2 unspecified atom stereocenters. The van der Waals surface area contributed by atoms with Gasteiger partial charge in [-0.2, -0.15) is 0 Å². The van der Waals surface area contributed by atoms with Crippen LogP contribution in [0.2, 0.25) is 0 Å². The number of imidazole rings is 1. The smallest absolute Gasteiger partial charge is 0.315 e. The Morgan fingerprint density at radius 3 is 2.27 bits per heavy atom. The molecule has 0 aliphatic heterocycles. The molecular formula is C22H26N6O2. The number of nitrogens with two attached hydrogens (primary N) is 2. The van der Waals surface area contributed by atoms with Gasteiger partial charge in [0.2, 0.25) is 0 Å². The van der Waals surface area contributed by atoms with E-state index in [0.29, 0.717) is 17.5 Å². The monoisotopic (exact) mass is 406 g/mol. The standard InChI is InChI=1S/C22H26N6O2/c1-3-17(28-12-27-16-10-9-15(21(25)26)11-18(16)28)19(22(29)30-4-2)13-5-7-14(8-6-13)20(23)24/h5-12,17,19H,3-4H2,1-2H3,(H3,23,24)(H3,25,26). The zero-order chi connectivity index (χ0) is 21.8. The third kappa shape index (κ3) is 4.03. The number of nitrogens with one attached hydrogen (secondary N) is 2. The second-order valence-corrected chi connectivity index (χ2v) is 7.01. The van der Waals surface area contributed by atoms with E-state index in [1.165, 1.54) is 0 Å². The van der Waals surface area contributed by atoms with Crippen molar-refractivity contribution in [2.45, 2.75) is 32.2 Å². The average molecular weight is 406 g/mol. The van der Waals surface area contributed by atoms with Crippen LogP contribution in [0, 0.1) is 10.8 Å². The highest BCUT2D eigenvalue weighted by molar-refractivity contribution is 5.98. The first kappa shape index (κ1) is 21.0. The number of hydrogen-bond donors (Lipinski definition) is 4. The number of benzene rings is 2. The Hall–Kier alpha value is -3.68. The molecule has 3 rings (SSSR count). The highest BCUT2D eigenvalue weighted by atomic mass is 16.5. The third-order valence-electron chi connectivity index (χ3n) is 5.17. The van der Waals surface area contributed by atoms with E-state index >= 15 is 0 Å². The molecule has 2 aromatic carbocycles. The number of carbonyl (C=O) groups excluding carboxylic acids is 1. The number of rotatable bonds is 8. The predicted molar refractivity (Wildman–Crippen MR) is 117 cm³/mol. The third-order valence-corrected chi connectivity index (χ3v) is 5.17. The molecule has 3 aromatic rings. The molecule has 156 valence electrons. The number of hydrogen-bond acceptors (Lipinski definition) is 5. The molecule has 8 heteroatoms. The van der Waals surface area contributed by atoms with E-state index in [1.54, 1.807) is 43.6 Å². The number of carbonyl (C=O) groups is 1. The molecule has 6 N–H and O–H groups in total. The topological polar surface area (TPSA) is 144 Å². The van der Waals surface area contributed by atoms with Crippen molar-refractivity contribution in [3.05, 3.63) is 65.5 Å². The van der Waals surface area contributed by atoms with Gasteiger partial charge < -0.3 is 20.8 Å². The summed E-state index contributed by atoms with van der Waals surface area (Å²) in [6.45, 7) is 4.05. The van der Waals surface area contributed by atoms with E-state index in [-0.39, 0.29) is 30.3 Å². The Morgan fingerprint density at radius 1 is 1.07 bits per heavy atom. The summed E-state index contributed by atoms with van der Waals surface area (Å²) in [5, 5.41) is 15.3. The van der Waals surface area contributed by atoms with E-state index in [9.17, 15) is 4.79 Å². The Balaban J connectivity index is 2.12. The summed E-state index contributed by atoms with van der Waals surface area (Å²) in [6, 6.07) is 12.2. The van der Waals surface area contributed by atoms with E-state index < -0.39 is 5.92 Å². The summed E-state index contributed by atoms with van der Waals surface area (Å²) in [5.74, 6) is -0.961. The highest BCUT2D eigenvalue weighted by Gasteiger charge is 2.32. The largest absolute Gasteiger partial charge is 0.465 e. The van der Waals surface area contributed by atoms with Crippen LogP contribution in [0.15, 0.2) is 48.8 Å². The molecule has 0 spiro atoms. The molecule has 0 aliphatic rings. The van der Waals surface area contributed by atoms with Gasteiger partial charge in [-0.15, -0.1) is 0 Å². The first-order chi connectivity index (χ1) is 14.4. The van der Waals surface area contributed by atoms with Crippen LogP contribution in [-0.2, 0) is 9.53 Å². The fourth-order valence-corrected chi connectivity index (χ4v) is 3.67. The normalized spacial score (nSPS) is 13.0. The van der Waals surface area contributed by atoms with E-state index in [0.717, 1.165) is 16.6 Å². The fourth-order valence-electron chi connectivity index (χ4n) is 3.67. The molecule has 0 aliphatic carbocycles. The minimum absolute atomic E-state index is 0.0283. The van der Waals surface area contributed by atoms with Crippen LogP contribution in [0.3, 0.4) is 0 Å². The Kier molecular flexibility index (Phi) is 6.15. The molecule has 0 saturated carbocycles.